The van der Waals surface area contributed by atoms with Gasteiger partial charge in [0.25, 0.3) is 11.7 Å². The van der Waals surface area contributed by atoms with Gasteiger partial charge >= 0.3 is 5.97 Å². The maximum Gasteiger partial charge on any atom is 0.345 e. The minimum absolute atomic E-state index is 0.102. The van der Waals surface area contributed by atoms with Crippen LogP contribution in [0.4, 0.5) is 0 Å². The molecule has 0 bridgehead atoms. The van der Waals surface area contributed by atoms with Crippen LogP contribution in [0.25, 0.3) is 10.9 Å². The number of carbonyl (C=O) groups excluding carboxylic acids is 1. The number of para-hydroxylation sites is 1. The molecule has 0 saturated heterocycles. The molecule has 0 saturated carbocycles. The molecule has 0 fully saturated rings. The summed E-state index contributed by atoms with van der Waals surface area (Å²) >= 11 is 1.56. The van der Waals surface area contributed by atoms with E-state index < -0.39 is 23.6 Å². The van der Waals surface area contributed by atoms with Crippen LogP contribution in [-0.4, -0.2) is 28.1 Å². The Hall–Kier alpha value is -2.86. The number of H-pyrrole nitrogens is 1. The van der Waals surface area contributed by atoms with E-state index in [0.717, 1.165) is 27.1 Å². The van der Waals surface area contributed by atoms with Crippen LogP contribution < -0.4 is 0 Å². The summed E-state index contributed by atoms with van der Waals surface area (Å²) in [5.41, 5.74) is 2.85. The van der Waals surface area contributed by atoms with Crippen LogP contribution in [-0.2, 0) is 14.3 Å². The lowest BCUT2D eigenvalue weighted by atomic mass is 9.84. The van der Waals surface area contributed by atoms with Crippen LogP contribution in [0.2, 0.25) is 0 Å². The van der Waals surface area contributed by atoms with Crippen molar-refractivity contribution in [3.8, 4) is 0 Å². The topological polar surface area (TPSA) is 71.6 Å². The number of thioether (sulfide) groups is 1. The molecule has 1 aliphatic rings. The van der Waals surface area contributed by atoms with Crippen molar-refractivity contribution < 1.29 is 19.4 Å². The van der Waals surface area contributed by atoms with Gasteiger partial charge in [0.1, 0.15) is 5.57 Å². The summed E-state index contributed by atoms with van der Waals surface area (Å²) in [7, 11) is 0. The standard InChI is InChI=1S/C22H21NO4S/c1-22(2)26-20(24)18(21(25)27-22)16(13-9-5-4-6-10-13)17-14-11-7-8-12-15(14)23-19(17)28-3/h4-12,16,23-24H,1-3H3. The summed E-state index contributed by atoms with van der Waals surface area (Å²) in [6.45, 7) is 3.18. The molecule has 6 heteroatoms. The molecule has 4 rings (SSSR count). The molecule has 0 radical (unpaired) electrons. The zero-order valence-electron chi connectivity index (χ0n) is 15.9. The number of esters is 1. The van der Waals surface area contributed by atoms with Gasteiger partial charge in [0.15, 0.2) is 0 Å². The third kappa shape index (κ3) is 3.14. The van der Waals surface area contributed by atoms with Crippen molar-refractivity contribution in [3.05, 3.63) is 77.2 Å². The maximum atomic E-state index is 12.9. The molecule has 2 heterocycles. The van der Waals surface area contributed by atoms with Crippen molar-refractivity contribution in [2.45, 2.75) is 30.6 Å². The van der Waals surface area contributed by atoms with E-state index in [1.165, 1.54) is 0 Å². The van der Waals surface area contributed by atoms with Crippen LogP contribution in [0.3, 0.4) is 0 Å². The Kier molecular flexibility index (Phi) is 4.59. The first kappa shape index (κ1) is 18.5. The first-order valence-electron chi connectivity index (χ1n) is 8.96. The van der Waals surface area contributed by atoms with Gasteiger partial charge in [0.05, 0.1) is 10.9 Å². The number of nitrogens with one attached hydrogen (secondary N) is 1. The van der Waals surface area contributed by atoms with E-state index in [-0.39, 0.29) is 5.57 Å². The highest BCUT2D eigenvalue weighted by Gasteiger charge is 2.42. The van der Waals surface area contributed by atoms with E-state index in [1.54, 1.807) is 25.6 Å². The number of aliphatic hydroxyl groups excluding tert-OH is 1. The van der Waals surface area contributed by atoms with Gasteiger partial charge in [-0.05, 0) is 17.9 Å². The molecule has 1 unspecified atom stereocenters. The largest absolute Gasteiger partial charge is 0.480 e. The number of hydrogen-bond donors (Lipinski definition) is 2. The van der Waals surface area contributed by atoms with Crippen molar-refractivity contribution in [3.63, 3.8) is 0 Å². The van der Waals surface area contributed by atoms with Crippen LogP contribution in [0.1, 0.15) is 30.9 Å². The Labute approximate surface area is 167 Å². The highest BCUT2D eigenvalue weighted by atomic mass is 32.2. The molecular weight excluding hydrogens is 374 g/mol. The number of aliphatic hydroxyl groups is 1. The Bertz CT molecular complexity index is 1070. The lowest BCUT2D eigenvalue weighted by Crippen LogP contribution is -2.38. The summed E-state index contributed by atoms with van der Waals surface area (Å²) < 4.78 is 11.0. The van der Waals surface area contributed by atoms with Crippen molar-refractivity contribution in [1.82, 2.24) is 4.98 Å². The van der Waals surface area contributed by atoms with Gasteiger partial charge in [-0.25, -0.2) is 4.79 Å². The number of hydrogen-bond acceptors (Lipinski definition) is 5. The van der Waals surface area contributed by atoms with Gasteiger partial charge in [-0.3, -0.25) is 0 Å². The normalized spacial score (nSPS) is 17.3. The van der Waals surface area contributed by atoms with Crippen molar-refractivity contribution in [2.24, 2.45) is 0 Å². The van der Waals surface area contributed by atoms with E-state index in [2.05, 4.69) is 4.98 Å². The van der Waals surface area contributed by atoms with Crippen LogP contribution in [0, 0.1) is 0 Å². The average molecular weight is 395 g/mol. The lowest BCUT2D eigenvalue weighted by Gasteiger charge is -2.33. The first-order chi connectivity index (χ1) is 13.4. The van der Waals surface area contributed by atoms with E-state index in [4.69, 9.17) is 9.47 Å². The van der Waals surface area contributed by atoms with Crippen molar-refractivity contribution in [1.29, 1.82) is 0 Å². The summed E-state index contributed by atoms with van der Waals surface area (Å²) in [4.78, 5) is 16.3. The molecule has 0 amide bonds. The van der Waals surface area contributed by atoms with Gasteiger partial charge in [-0.2, -0.15) is 0 Å². The fourth-order valence-electron chi connectivity index (χ4n) is 3.63. The number of aromatic amines is 1. The van der Waals surface area contributed by atoms with E-state index in [9.17, 15) is 9.90 Å². The van der Waals surface area contributed by atoms with Gasteiger partial charge in [0, 0.05) is 30.3 Å². The second-order valence-corrected chi connectivity index (χ2v) is 7.89. The van der Waals surface area contributed by atoms with Crippen molar-refractivity contribution in [2.75, 3.05) is 6.26 Å². The minimum Gasteiger partial charge on any atom is -0.480 e. The second kappa shape index (κ2) is 6.95. The number of carbonyl (C=O) groups is 1. The second-order valence-electron chi connectivity index (χ2n) is 7.07. The van der Waals surface area contributed by atoms with Crippen LogP contribution >= 0.6 is 11.8 Å². The monoisotopic (exact) mass is 395 g/mol. The number of fused-ring (bicyclic) bond motifs is 1. The zero-order valence-corrected chi connectivity index (χ0v) is 16.7. The lowest BCUT2D eigenvalue weighted by molar-refractivity contribution is -0.222. The minimum atomic E-state index is -1.21. The molecule has 2 aromatic carbocycles. The van der Waals surface area contributed by atoms with Crippen LogP contribution in [0.5, 0.6) is 0 Å². The summed E-state index contributed by atoms with van der Waals surface area (Å²) in [6, 6.07) is 17.5. The highest BCUT2D eigenvalue weighted by molar-refractivity contribution is 7.98. The molecule has 5 nitrogen and oxygen atoms in total. The van der Waals surface area contributed by atoms with Crippen molar-refractivity contribution >= 4 is 28.6 Å². The molecule has 3 aromatic rings. The number of ether oxygens (including phenoxy) is 2. The van der Waals surface area contributed by atoms with Gasteiger partial charge in [-0.15, -0.1) is 11.8 Å². The maximum absolute atomic E-state index is 12.9. The summed E-state index contributed by atoms with van der Waals surface area (Å²) in [5.74, 6) is -2.73. The van der Waals surface area contributed by atoms with Gasteiger partial charge in [0.2, 0.25) is 0 Å². The fraction of sp³-hybridized carbons (Fsp3) is 0.227. The number of aromatic nitrogens is 1. The number of cyclic esters (lactones) is 1. The molecule has 0 spiro atoms. The Morgan fingerprint density at radius 2 is 1.71 bits per heavy atom. The Morgan fingerprint density at radius 1 is 1.04 bits per heavy atom. The number of rotatable bonds is 4. The molecule has 1 aromatic heterocycles. The Morgan fingerprint density at radius 3 is 2.39 bits per heavy atom. The molecule has 1 atom stereocenters. The summed E-state index contributed by atoms with van der Waals surface area (Å²) in [6.07, 6.45) is 1.98. The van der Waals surface area contributed by atoms with E-state index in [1.807, 2.05) is 60.9 Å². The Balaban J connectivity index is 2.01. The predicted octanol–water partition coefficient (Wildman–Crippen LogP) is 5.10. The molecular formula is C22H21NO4S. The van der Waals surface area contributed by atoms with Gasteiger partial charge in [-0.1, -0.05) is 48.5 Å². The molecule has 28 heavy (non-hydrogen) atoms. The van der Waals surface area contributed by atoms with E-state index in [0.29, 0.717) is 0 Å². The predicted molar refractivity (Wildman–Crippen MR) is 109 cm³/mol. The van der Waals surface area contributed by atoms with E-state index >= 15 is 0 Å². The molecule has 2 N–H and O–H groups in total. The molecule has 0 aliphatic carbocycles. The third-order valence-electron chi connectivity index (χ3n) is 4.76. The highest BCUT2D eigenvalue weighted by Crippen LogP contribution is 2.44. The number of benzene rings is 2. The first-order valence-corrected chi connectivity index (χ1v) is 10.2. The average Bonchev–Trinajstić information content (AvgIpc) is 3.03. The van der Waals surface area contributed by atoms with Gasteiger partial charge < -0.3 is 19.6 Å². The quantitative estimate of drug-likeness (QED) is 0.475. The zero-order chi connectivity index (χ0) is 19.9. The smallest absolute Gasteiger partial charge is 0.345 e. The van der Waals surface area contributed by atoms with Crippen LogP contribution in [0.15, 0.2) is 71.1 Å². The summed E-state index contributed by atoms with van der Waals surface area (Å²) in [5, 5.41) is 12.6. The third-order valence-corrected chi connectivity index (χ3v) is 5.49. The molecule has 1 aliphatic heterocycles. The SMILES string of the molecule is CSc1[nH]c2ccccc2c1C(C1=C(O)OC(C)(C)OC1=O)c1ccccc1. The molecule has 144 valence electrons. The fourth-order valence-corrected chi connectivity index (χ4v) is 4.28.